The molecule has 0 spiro atoms. The van der Waals surface area contributed by atoms with Gasteiger partial charge in [0.25, 0.3) is 0 Å². The van der Waals surface area contributed by atoms with Crippen molar-refractivity contribution in [2.75, 3.05) is 32.6 Å². The van der Waals surface area contributed by atoms with E-state index in [0.717, 1.165) is 36.5 Å². The van der Waals surface area contributed by atoms with Crippen molar-refractivity contribution in [1.82, 2.24) is 4.90 Å². The topological polar surface area (TPSA) is 30.9 Å². The first-order valence-corrected chi connectivity index (χ1v) is 8.26. The van der Waals surface area contributed by atoms with Crippen molar-refractivity contribution in [3.63, 3.8) is 0 Å². The van der Waals surface area contributed by atoms with Gasteiger partial charge < -0.3 is 14.2 Å². The Balaban J connectivity index is 2.10. The van der Waals surface area contributed by atoms with E-state index in [0.29, 0.717) is 0 Å². The summed E-state index contributed by atoms with van der Waals surface area (Å²) in [5.74, 6) is 1.54. The first kappa shape index (κ1) is 16.6. The van der Waals surface area contributed by atoms with E-state index in [1.165, 1.54) is 5.56 Å². The van der Waals surface area contributed by atoms with E-state index in [2.05, 4.69) is 40.7 Å². The van der Waals surface area contributed by atoms with Crippen LogP contribution in [0.5, 0.6) is 11.5 Å². The van der Waals surface area contributed by atoms with Crippen molar-refractivity contribution in [3.8, 4) is 11.5 Å². The van der Waals surface area contributed by atoms with Crippen molar-refractivity contribution < 1.29 is 14.2 Å². The maximum Gasteiger partial charge on any atom is 0.161 e. The summed E-state index contributed by atoms with van der Waals surface area (Å²) in [5.41, 5.74) is 1.10. The number of ether oxygens (including phenoxy) is 3. The van der Waals surface area contributed by atoms with E-state index < -0.39 is 0 Å². The van der Waals surface area contributed by atoms with E-state index >= 15 is 0 Å². The first-order valence-electron chi connectivity index (χ1n) is 7.14. The Morgan fingerprint density at radius 1 is 1.29 bits per heavy atom. The summed E-state index contributed by atoms with van der Waals surface area (Å²) in [6.45, 7) is 7.03. The zero-order valence-corrected chi connectivity index (χ0v) is 14.8. The second kappa shape index (κ2) is 6.99. The van der Waals surface area contributed by atoms with Crippen LogP contribution in [-0.2, 0) is 11.3 Å². The van der Waals surface area contributed by atoms with E-state index in [4.69, 9.17) is 14.2 Å². The quantitative estimate of drug-likeness (QED) is 0.757. The standard InChI is InChI=1S/C16H24BrNO3/c1-16(2)11-18(10-13(8-17)21-16)9-12-5-6-14(19-3)15(7-12)20-4/h5-7,13H,8-11H2,1-4H3. The molecule has 1 aliphatic rings. The van der Waals surface area contributed by atoms with Gasteiger partial charge in [-0.3, -0.25) is 4.90 Å². The highest BCUT2D eigenvalue weighted by molar-refractivity contribution is 9.09. The van der Waals surface area contributed by atoms with Gasteiger partial charge >= 0.3 is 0 Å². The normalized spacial score (nSPS) is 22.0. The second-order valence-corrected chi connectivity index (χ2v) is 6.66. The van der Waals surface area contributed by atoms with Crippen LogP contribution in [0, 0.1) is 0 Å². The molecule has 0 amide bonds. The molecule has 1 aromatic carbocycles. The lowest BCUT2D eigenvalue weighted by atomic mass is 10.0. The third kappa shape index (κ3) is 4.34. The third-order valence-electron chi connectivity index (χ3n) is 3.58. The van der Waals surface area contributed by atoms with E-state index in [9.17, 15) is 0 Å². The fraction of sp³-hybridized carbons (Fsp3) is 0.625. The van der Waals surface area contributed by atoms with Crippen LogP contribution < -0.4 is 9.47 Å². The summed E-state index contributed by atoms with van der Waals surface area (Å²) >= 11 is 3.53. The minimum atomic E-state index is -0.118. The summed E-state index contributed by atoms with van der Waals surface area (Å²) in [6.07, 6.45) is 0.230. The molecule has 21 heavy (non-hydrogen) atoms. The number of nitrogens with zero attached hydrogens (tertiary/aromatic N) is 1. The number of halogens is 1. The number of alkyl halides is 1. The van der Waals surface area contributed by atoms with Crippen LogP contribution >= 0.6 is 15.9 Å². The highest BCUT2D eigenvalue weighted by Crippen LogP contribution is 2.29. The fourth-order valence-electron chi connectivity index (χ4n) is 2.85. The Bertz CT molecular complexity index is 479. The lowest BCUT2D eigenvalue weighted by molar-refractivity contribution is -0.128. The summed E-state index contributed by atoms with van der Waals surface area (Å²) in [4.78, 5) is 2.43. The zero-order chi connectivity index (χ0) is 15.5. The lowest BCUT2D eigenvalue weighted by Gasteiger charge is -2.42. The van der Waals surface area contributed by atoms with Crippen LogP contribution in [0.2, 0.25) is 0 Å². The van der Waals surface area contributed by atoms with Gasteiger partial charge in [-0.1, -0.05) is 22.0 Å². The smallest absolute Gasteiger partial charge is 0.161 e. The molecule has 1 saturated heterocycles. The van der Waals surface area contributed by atoms with Crippen molar-refractivity contribution in [1.29, 1.82) is 0 Å². The first-order chi connectivity index (χ1) is 9.97. The highest BCUT2D eigenvalue weighted by atomic mass is 79.9. The van der Waals surface area contributed by atoms with Gasteiger partial charge in [-0.2, -0.15) is 0 Å². The summed E-state index contributed by atoms with van der Waals surface area (Å²) < 4.78 is 16.7. The van der Waals surface area contributed by atoms with E-state index in [1.807, 2.05) is 12.1 Å². The molecule has 1 fully saturated rings. The SMILES string of the molecule is COc1ccc(CN2CC(CBr)OC(C)(C)C2)cc1OC. The summed E-state index contributed by atoms with van der Waals surface area (Å²) in [7, 11) is 3.32. The van der Waals surface area contributed by atoms with E-state index in [-0.39, 0.29) is 11.7 Å². The summed E-state index contributed by atoms with van der Waals surface area (Å²) in [5, 5.41) is 0.860. The summed E-state index contributed by atoms with van der Waals surface area (Å²) in [6, 6.07) is 6.10. The molecule has 1 aromatic rings. The third-order valence-corrected chi connectivity index (χ3v) is 4.30. The Kier molecular flexibility index (Phi) is 5.52. The molecule has 2 rings (SSSR count). The van der Waals surface area contributed by atoms with Gasteiger partial charge in [0.05, 0.1) is 25.9 Å². The van der Waals surface area contributed by atoms with Crippen molar-refractivity contribution in [2.24, 2.45) is 0 Å². The van der Waals surface area contributed by atoms with Gasteiger partial charge in [-0.25, -0.2) is 0 Å². The average Bonchev–Trinajstić information content (AvgIpc) is 2.45. The maximum atomic E-state index is 6.04. The number of hydrogen-bond donors (Lipinski definition) is 0. The van der Waals surface area contributed by atoms with Gasteiger partial charge in [-0.15, -0.1) is 0 Å². The van der Waals surface area contributed by atoms with Gasteiger partial charge in [0.15, 0.2) is 11.5 Å². The second-order valence-electron chi connectivity index (χ2n) is 6.01. The van der Waals surface area contributed by atoms with Gasteiger partial charge in [0, 0.05) is 25.0 Å². The van der Waals surface area contributed by atoms with Gasteiger partial charge in [-0.05, 0) is 31.5 Å². The number of rotatable bonds is 5. The molecule has 0 aliphatic carbocycles. The largest absolute Gasteiger partial charge is 0.493 e. The molecule has 1 aliphatic heterocycles. The molecule has 0 radical (unpaired) electrons. The predicted octanol–water partition coefficient (Wildman–Crippen LogP) is 3.08. The average molecular weight is 358 g/mol. The molecular formula is C16H24BrNO3. The lowest BCUT2D eigenvalue weighted by Crippen LogP contribution is -2.52. The van der Waals surface area contributed by atoms with Crippen molar-refractivity contribution in [2.45, 2.75) is 32.1 Å². The number of benzene rings is 1. The zero-order valence-electron chi connectivity index (χ0n) is 13.2. The van der Waals surface area contributed by atoms with Gasteiger partial charge in [0.1, 0.15) is 0 Å². The molecule has 118 valence electrons. The van der Waals surface area contributed by atoms with E-state index in [1.54, 1.807) is 14.2 Å². The van der Waals surface area contributed by atoms with Crippen molar-refractivity contribution >= 4 is 15.9 Å². The molecule has 1 unspecified atom stereocenters. The maximum absolute atomic E-state index is 6.04. The van der Waals surface area contributed by atoms with Crippen LogP contribution in [0.1, 0.15) is 19.4 Å². The highest BCUT2D eigenvalue weighted by Gasteiger charge is 2.32. The monoisotopic (exact) mass is 357 g/mol. The molecule has 1 heterocycles. The molecule has 0 aromatic heterocycles. The molecule has 0 N–H and O–H groups in total. The fourth-order valence-corrected chi connectivity index (χ4v) is 3.19. The Morgan fingerprint density at radius 2 is 2.00 bits per heavy atom. The molecular weight excluding hydrogens is 334 g/mol. The Morgan fingerprint density at radius 3 is 2.62 bits per heavy atom. The minimum Gasteiger partial charge on any atom is -0.493 e. The molecule has 1 atom stereocenters. The Hall–Kier alpha value is -0.780. The molecule has 4 nitrogen and oxygen atoms in total. The van der Waals surface area contributed by atoms with Gasteiger partial charge in [0.2, 0.25) is 0 Å². The Labute approximate surface area is 135 Å². The predicted molar refractivity (Wildman–Crippen MR) is 87.6 cm³/mol. The number of hydrogen-bond acceptors (Lipinski definition) is 4. The molecule has 0 saturated carbocycles. The number of morpholine rings is 1. The van der Waals surface area contributed by atoms with Crippen LogP contribution in [-0.4, -0.2) is 49.2 Å². The molecule has 0 bridgehead atoms. The number of methoxy groups -OCH3 is 2. The van der Waals surface area contributed by atoms with Crippen LogP contribution in [0.25, 0.3) is 0 Å². The molecule has 5 heteroatoms. The van der Waals surface area contributed by atoms with Crippen molar-refractivity contribution in [3.05, 3.63) is 23.8 Å². The minimum absolute atomic E-state index is 0.118. The van der Waals surface area contributed by atoms with Crippen LogP contribution in [0.3, 0.4) is 0 Å². The van der Waals surface area contributed by atoms with Crippen LogP contribution in [0.15, 0.2) is 18.2 Å². The van der Waals surface area contributed by atoms with Crippen LogP contribution in [0.4, 0.5) is 0 Å².